The number of furan rings is 1. The molecule has 0 bridgehead atoms. The number of benzene rings is 1. The highest BCUT2D eigenvalue weighted by molar-refractivity contribution is 7.09. The van der Waals surface area contributed by atoms with Gasteiger partial charge in [0, 0.05) is 5.39 Å². The Bertz CT molecular complexity index is 722. The van der Waals surface area contributed by atoms with E-state index in [1.165, 1.54) is 23.5 Å². The number of nitrogens with one attached hydrogen (secondary N) is 1. The molecule has 3 rings (SSSR count). The van der Waals surface area contributed by atoms with Gasteiger partial charge >= 0.3 is 0 Å². The second-order valence-electron chi connectivity index (χ2n) is 4.23. The molecule has 1 unspecified atom stereocenters. The summed E-state index contributed by atoms with van der Waals surface area (Å²) in [5.41, 5.74) is 6.02. The van der Waals surface area contributed by atoms with Crippen LogP contribution in [0.4, 0.5) is 4.39 Å². The molecule has 0 saturated carbocycles. The smallest absolute Gasteiger partial charge is 0.134 e. The number of thiazole rings is 1. The van der Waals surface area contributed by atoms with Crippen molar-refractivity contribution in [3.8, 4) is 0 Å². The fourth-order valence-electron chi connectivity index (χ4n) is 2.05. The van der Waals surface area contributed by atoms with Crippen LogP contribution in [-0.4, -0.2) is 4.98 Å². The maximum absolute atomic E-state index is 13.2. The first kappa shape index (κ1) is 12.3. The number of hydrogen-bond donors (Lipinski definition) is 2. The van der Waals surface area contributed by atoms with Gasteiger partial charge in [-0.1, -0.05) is 0 Å². The van der Waals surface area contributed by atoms with E-state index in [-0.39, 0.29) is 11.9 Å². The lowest BCUT2D eigenvalue weighted by molar-refractivity contribution is 0.479. The fourth-order valence-corrected chi connectivity index (χ4v) is 2.92. The van der Waals surface area contributed by atoms with Gasteiger partial charge in [0.2, 0.25) is 0 Å². The lowest BCUT2D eigenvalue weighted by Crippen LogP contribution is -2.28. The van der Waals surface area contributed by atoms with E-state index in [0.717, 1.165) is 16.0 Å². The molecule has 0 fully saturated rings. The Labute approximate surface area is 113 Å². The summed E-state index contributed by atoms with van der Waals surface area (Å²) in [6, 6.07) is 5.94. The van der Waals surface area contributed by atoms with Gasteiger partial charge in [0.1, 0.15) is 23.2 Å². The molecule has 1 aromatic carbocycles. The zero-order valence-electron chi connectivity index (χ0n) is 10.2. The first-order valence-electron chi connectivity index (χ1n) is 5.74. The number of fused-ring (bicyclic) bond motifs is 1. The normalized spacial score (nSPS) is 13.0. The third-order valence-electron chi connectivity index (χ3n) is 2.99. The molecule has 1 atom stereocenters. The first-order chi connectivity index (χ1) is 9.19. The molecule has 0 aliphatic carbocycles. The zero-order valence-corrected chi connectivity index (χ0v) is 11.0. The number of halogens is 1. The van der Waals surface area contributed by atoms with Crippen LogP contribution in [0, 0.1) is 12.7 Å². The molecule has 0 aliphatic heterocycles. The van der Waals surface area contributed by atoms with Gasteiger partial charge in [-0.15, -0.1) is 11.3 Å². The Morgan fingerprint density at radius 2 is 2.26 bits per heavy atom. The highest BCUT2D eigenvalue weighted by atomic mass is 32.1. The van der Waals surface area contributed by atoms with Crippen LogP contribution in [0.1, 0.15) is 22.4 Å². The summed E-state index contributed by atoms with van der Waals surface area (Å²) in [6.07, 6.45) is 0. The highest BCUT2D eigenvalue weighted by Gasteiger charge is 2.21. The molecule has 3 N–H and O–H groups in total. The second kappa shape index (κ2) is 4.73. The van der Waals surface area contributed by atoms with Crippen LogP contribution in [-0.2, 0) is 0 Å². The average molecular weight is 277 g/mol. The van der Waals surface area contributed by atoms with E-state index >= 15 is 0 Å². The van der Waals surface area contributed by atoms with Crippen molar-refractivity contribution in [3.05, 3.63) is 51.9 Å². The summed E-state index contributed by atoms with van der Waals surface area (Å²) in [5, 5.41) is 0.720. The first-order valence-corrected chi connectivity index (χ1v) is 6.62. The minimum absolute atomic E-state index is 0.275. The molecule has 6 heteroatoms. The van der Waals surface area contributed by atoms with Gasteiger partial charge in [0.25, 0.3) is 0 Å². The summed E-state index contributed by atoms with van der Waals surface area (Å²) in [7, 11) is 0. The van der Waals surface area contributed by atoms with Gasteiger partial charge in [0.15, 0.2) is 0 Å². The van der Waals surface area contributed by atoms with Gasteiger partial charge in [-0.05, 0) is 31.2 Å². The van der Waals surface area contributed by atoms with Crippen LogP contribution >= 0.6 is 11.3 Å². The molecule has 0 saturated heterocycles. The van der Waals surface area contributed by atoms with E-state index in [1.54, 1.807) is 17.6 Å². The van der Waals surface area contributed by atoms with Crippen LogP contribution in [0.2, 0.25) is 0 Å². The summed E-state index contributed by atoms with van der Waals surface area (Å²) < 4.78 is 18.9. The number of aryl methyl sites for hydroxylation is 1. The van der Waals surface area contributed by atoms with Crippen molar-refractivity contribution in [1.29, 1.82) is 0 Å². The Morgan fingerprint density at radius 3 is 2.95 bits per heavy atom. The molecule has 19 heavy (non-hydrogen) atoms. The number of aromatic nitrogens is 1. The Balaban J connectivity index is 2.09. The predicted molar refractivity (Wildman–Crippen MR) is 72.2 cm³/mol. The van der Waals surface area contributed by atoms with Crippen molar-refractivity contribution in [3.63, 3.8) is 0 Å². The van der Waals surface area contributed by atoms with Crippen LogP contribution < -0.4 is 11.3 Å². The van der Waals surface area contributed by atoms with E-state index in [0.29, 0.717) is 11.3 Å². The fraction of sp³-hybridized carbons (Fsp3) is 0.154. The molecular formula is C13H12FN3OS. The van der Waals surface area contributed by atoms with E-state index < -0.39 is 0 Å². The monoisotopic (exact) mass is 277 g/mol. The minimum Gasteiger partial charge on any atom is -0.459 e. The molecular weight excluding hydrogens is 265 g/mol. The molecule has 0 amide bonds. The Morgan fingerprint density at radius 1 is 1.42 bits per heavy atom. The summed E-state index contributed by atoms with van der Waals surface area (Å²) >= 11 is 1.50. The number of hydrazine groups is 1. The summed E-state index contributed by atoms with van der Waals surface area (Å²) in [6.45, 7) is 1.92. The summed E-state index contributed by atoms with van der Waals surface area (Å²) in [5.74, 6) is 5.97. The molecule has 3 aromatic rings. The van der Waals surface area contributed by atoms with Gasteiger partial charge in [-0.3, -0.25) is 5.84 Å². The van der Waals surface area contributed by atoms with Crippen LogP contribution in [0.3, 0.4) is 0 Å². The van der Waals surface area contributed by atoms with Gasteiger partial charge in [-0.2, -0.15) is 0 Å². The molecule has 0 aliphatic rings. The molecule has 0 radical (unpaired) electrons. The second-order valence-corrected chi connectivity index (χ2v) is 5.12. The topological polar surface area (TPSA) is 64.1 Å². The third-order valence-corrected chi connectivity index (χ3v) is 3.99. The van der Waals surface area contributed by atoms with E-state index in [4.69, 9.17) is 10.3 Å². The molecule has 0 spiro atoms. The molecule has 4 nitrogen and oxygen atoms in total. The molecule has 2 heterocycles. The maximum Gasteiger partial charge on any atom is 0.134 e. The van der Waals surface area contributed by atoms with E-state index in [2.05, 4.69) is 10.4 Å². The maximum atomic E-state index is 13.2. The van der Waals surface area contributed by atoms with Crippen molar-refractivity contribution in [2.24, 2.45) is 5.84 Å². The Kier molecular flexibility index (Phi) is 3.06. The van der Waals surface area contributed by atoms with Gasteiger partial charge in [0.05, 0.1) is 16.1 Å². The van der Waals surface area contributed by atoms with Crippen molar-refractivity contribution in [2.45, 2.75) is 13.0 Å². The molecule has 98 valence electrons. The lowest BCUT2D eigenvalue weighted by atomic mass is 10.1. The minimum atomic E-state index is -0.286. The lowest BCUT2D eigenvalue weighted by Gasteiger charge is -2.11. The Hall–Kier alpha value is -1.76. The van der Waals surface area contributed by atoms with E-state index in [9.17, 15) is 4.39 Å². The van der Waals surface area contributed by atoms with Crippen molar-refractivity contribution >= 4 is 22.3 Å². The third kappa shape index (κ3) is 2.14. The van der Waals surface area contributed by atoms with Crippen LogP contribution in [0.5, 0.6) is 0 Å². The van der Waals surface area contributed by atoms with Crippen LogP contribution in [0.25, 0.3) is 11.0 Å². The SMILES string of the molecule is Cc1ncsc1C(NN)c1cc2cc(F)ccc2o1. The molecule has 2 aromatic heterocycles. The van der Waals surface area contributed by atoms with Crippen molar-refractivity contribution in [2.75, 3.05) is 0 Å². The van der Waals surface area contributed by atoms with Crippen LogP contribution in [0.15, 0.2) is 34.2 Å². The summed E-state index contributed by atoms with van der Waals surface area (Å²) in [4.78, 5) is 5.19. The number of nitrogens with two attached hydrogens (primary N) is 1. The number of nitrogens with zero attached hydrogens (tertiary/aromatic N) is 1. The van der Waals surface area contributed by atoms with Gasteiger partial charge in [-0.25, -0.2) is 14.8 Å². The van der Waals surface area contributed by atoms with Gasteiger partial charge < -0.3 is 4.42 Å². The predicted octanol–water partition coefficient (Wildman–Crippen LogP) is 2.89. The quantitative estimate of drug-likeness (QED) is 0.571. The van der Waals surface area contributed by atoms with E-state index in [1.807, 2.05) is 6.92 Å². The van der Waals surface area contributed by atoms with Crippen molar-refractivity contribution < 1.29 is 8.81 Å². The number of rotatable bonds is 3. The largest absolute Gasteiger partial charge is 0.459 e. The average Bonchev–Trinajstić information content (AvgIpc) is 2.97. The number of hydrogen-bond acceptors (Lipinski definition) is 5. The highest BCUT2D eigenvalue weighted by Crippen LogP contribution is 2.31. The van der Waals surface area contributed by atoms with Crippen molar-refractivity contribution in [1.82, 2.24) is 10.4 Å². The zero-order chi connectivity index (χ0) is 13.4. The standard InChI is InChI=1S/C13H12FN3OS/c1-7-13(19-6-16-7)12(17-15)11-5-8-4-9(14)2-3-10(8)18-11/h2-6,12,17H,15H2,1H3.